The Hall–Kier alpha value is -1.96. The molecule has 0 unspecified atom stereocenters. The Kier molecular flexibility index (Phi) is 7.56. The minimum absolute atomic E-state index is 0.0590. The van der Waals surface area contributed by atoms with E-state index in [2.05, 4.69) is 10.0 Å². The first-order valence-electron chi connectivity index (χ1n) is 8.75. The van der Waals surface area contributed by atoms with Gasteiger partial charge in [0, 0.05) is 26.1 Å². The summed E-state index contributed by atoms with van der Waals surface area (Å²) in [6, 6.07) is 12.5. The average molecular weight is 378 g/mol. The number of rotatable bonds is 10. The van der Waals surface area contributed by atoms with E-state index in [0.717, 1.165) is 17.2 Å². The van der Waals surface area contributed by atoms with Crippen LogP contribution in [0.2, 0.25) is 0 Å². The highest BCUT2D eigenvalue weighted by Crippen LogP contribution is 2.18. The van der Waals surface area contributed by atoms with Crippen LogP contribution in [-0.2, 0) is 19.6 Å². The largest absolute Gasteiger partial charge is 0.379 e. The molecular formula is C19H26N2O4S. The summed E-state index contributed by atoms with van der Waals surface area (Å²) in [6.07, 6.45) is 1.00. The third-order valence-electron chi connectivity index (χ3n) is 3.77. The Morgan fingerprint density at radius 2 is 1.81 bits per heavy atom. The lowest BCUT2D eigenvalue weighted by atomic mass is 10.1. The lowest BCUT2D eigenvalue weighted by Gasteiger charge is -2.09. The molecule has 0 aliphatic rings. The number of fused-ring (bicyclic) bond motifs is 1. The van der Waals surface area contributed by atoms with Crippen LogP contribution in [0.3, 0.4) is 0 Å². The molecule has 0 bridgehead atoms. The molecule has 0 aliphatic carbocycles. The molecule has 6 nitrogen and oxygen atoms in total. The fourth-order valence-corrected chi connectivity index (χ4v) is 3.49. The number of sulfonamides is 1. The van der Waals surface area contributed by atoms with E-state index in [1.165, 1.54) is 0 Å². The predicted molar refractivity (Wildman–Crippen MR) is 102 cm³/mol. The van der Waals surface area contributed by atoms with Crippen LogP contribution in [0.15, 0.2) is 47.4 Å². The molecule has 2 N–H and O–H groups in total. The Balaban J connectivity index is 1.77. The molecule has 0 saturated heterocycles. The third-order valence-corrected chi connectivity index (χ3v) is 5.23. The van der Waals surface area contributed by atoms with E-state index in [0.29, 0.717) is 13.2 Å². The van der Waals surface area contributed by atoms with Crippen LogP contribution in [0.25, 0.3) is 10.8 Å². The van der Waals surface area contributed by atoms with Crippen LogP contribution in [0.5, 0.6) is 0 Å². The van der Waals surface area contributed by atoms with Crippen LogP contribution in [0, 0.1) is 0 Å². The number of benzene rings is 2. The van der Waals surface area contributed by atoms with Crippen molar-refractivity contribution in [2.24, 2.45) is 0 Å². The molecule has 0 heterocycles. The van der Waals surface area contributed by atoms with E-state index in [1.807, 2.05) is 38.1 Å². The van der Waals surface area contributed by atoms with Crippen molar-refractivity contribution in [2.45, 2.75) is 37.7 Å². The van der Waals surface area contributed by atoms with E-state index < -0.39 is 10.0 Å². The lowest BCUT2D eigenvalue weighted by molar-refractivity contribution is -0.120. The second kappa shape index (κ2) is 9.66. The van der Waals surface area contributed by atoms with Gasteiger partial charge in [-0.3, -0.25) is 4.79 Å². The Bertz CT molecular complexity index is 834. The predicted octanol–water partition coefficient (Wildman–Crippen LogP) is 2.44. The van der Waals surface area contributed by atoms with Crippen molar-refractivity contribution >= 4 is 26.7 Å². The molecule has 0 fully saturated rings. The van der Waals surface area contributed by atoms with Crippen molar-refractivity contribution in [1.29, 1.82) is 0 Å². The van der Waals surface area contributed by atoms with Gasteiger partial charge in [-0.25, -0.2) is 13.1 Å². The Labute approximate surface area is 155 Å². The maximum absolute atomic E-state index is 12.4. The summed E-state index contributed by atoms with van der Waals surface area (Å²) in [5, 5.41) is 4.59. The van der Waals surface area contributed by atoms with Gasteiger partial charge in [0.15, 0.2) is 0 Å². The molecule has 0 saturated carbocycles. The quantitative estimate of drug-likeness (QED) is 0.622. The minimum atomic E-state index is -3.64. The van der Waals surface area contributed by atoms with Crippen LogP contribution in [-0.4, -0.2) is 40.1 Å². The first-order valence-corrected chi connectivity index (χ1v) is 10.2. The van der Waals surface area contributed by atoms with Crippen molar-refractivity contribution in [3.8, 4) is 0 Å². The molecule has 142 valence electrons. The number of nitrogens with one attached hydrogen (secondary N) is 2. The summed E-state index contributed by atoms with van der Waals surface area (Å²) in [4.78, 5) is 11.9. The van der Waals surface area contributed by atoms with E-state index in [9.17, 15) is 13.2 Å². The molecule has 0 aromatic heterocycles. The van der Waals surface area contributed by atoms with Gasteiger partial charge < -0.3 is 10.1 Å². The van der Waals surface area contributed by atoms with Gasteiger partial charge in [0.05, 0.1) is 11.0 Å². The van der Waals surface area contributed by atoms with Crippen molar-refractivity contribution in [1.82, 2.24) is 10.0 Å². The first kappa shape index (κ1) is 20.4. The van der Waals surface area contributed by atoms with E-state index in [4.69, 9.17) is 4.74 Å². The number of hydrogen-bond acceptors (Lipinski definition) is 4. The number of amides is 1. The zero-order chi connectivity index (χ0) is 19.0. The summed E-state index contributed by atoms with van der Waals surface area (Å²) in [6.45, 7) is 5.08. The van der Waals surface area contributed by atoms with Crippen molar-refractivity contribution in [3.05, 3.63) is 42.5 Å². The van der Waals surface area contributed by atoms with Crippen molar-refractivity contribution in [2.75, 3.05) is 19.7 Å². The highest BCUT2D eigenvalue weighted by Gasteiger charge is 2.14. The van der Waals surface area contributed by atoms with Crippen LogP contribution >= 0.6 is 0 Å². The van der Waals surface area contributed by atoms with Crippen molar-refractivity contribution in [3.63, 3.8) is 0 Å². The summed E-state index contributed by atoms with van der Waals surface area (Å²) in [5.41, 5.74) is 0. The third kappa shape index (κ3) is 6.40. The molecule has 26 heavy (non-hydrogen) atoms. The first-order chi connectivity index (χ1) is 12.4. The highest BCUT2D eigenvalue weighted by molar-refractivity contribution is 7.89. The normalized spacial score (nSPS) is 11.8. The van der Waals surface area contributed by atoms with Gasteiger partial charge >= 0.3 is 0 Å². The molecule has 0 aliphatic heterocycles. The SMILES string of the molecule is CC(C)OCCCNC(=O)CCNS(=O)(=O)c1ccc2ccccc2c1. The van der Waals surface area contributed by atoms with Crippen LogP contribution in [0.4, 0.5) is 0 Å². The van der Waals surface area contributed by atoms with E-state index in [1.54, 1.807) is 18.2 Å². The Morgan fingerprint density at radius 3 is 2.54 bits per heavy atom. The fraction of sp³-hybridized carbons (Fsp3) is 0.421. The van der Waals surface area contributed by atoms with E-state index in [-0.39, 0.29) is 29.9 Å². The molecule has 0 atom stereocenters. The Morgan fingerprint density at radius 1 is 1.08 bits per heavy atom. The van der Waals surface area contributed by atoms with Gasteiger partial charge in [-0.2, -0.15) is 0 Å². The molecule has 2 rings (SSSR count). The molecule has 2 aromatic carbocycles. The minimum Gasteiger partial charge on any atom is -0.379 e. The molecule has 2 aromatic rings. The standard InChI is InChI=1S/C19H26N2O4S/c1-15(2)25-13-5-11-20-19(22)10-12-21-26(23,24)18-9-8-16-6-3-4-7-17(16)14-18/h3-4,6-9,14-15,21H,5,10-13H2,1-2H3,(H,20,22). The molecule has 0 radical (unpaired) electrons. The second-order valence-corrected chi connectivity index (χ2v) is 8.05. The smallest absolute Gasteiger partial charge is 0.240 e. The zero-order valence-electron chi connectivity index (χ0n) is 15.2. The molecular weight excluding hydrogens is 352 g/mol. The number of carbonyl (C=O) groups is 1. The number of carbonyl (C=O) groups excluding carboxylic acids is 1. The summed E-state index contributed by atoms with van der Waals surface area (Å²) in [5.74, 6) is -0.184. The lowest BCUT2D eigenvalue weighted by Crippen LogP contribution is -2.31. The summed E-state index contributed by atoms with van der Waals surface area (Å²) in [7, 11) is -3.64. The van der Waals surface area contributed by atoms with Crippen LogP contribution in [0.1, 0.15) is 26.7 Å². The average Bonchev–Trinajstić information content (AvgIpc) is 2.60. The monoisotopic (exact) mass is 378 g/mol. The van der Waals surface area contributed by atoms with Crippen LogP contribution < -0.4 is 10.0 Å². The van der Waals surface area contributed by atoms with Crippen molar-refractivity contribution < 1.29 is 17.9 Å². The van der Waals surface area contributed by atoms with Gasteiger partial charge in [0.2, 0.25) is 15.9 Å². The molecule has 0 spiro atoms. The zero-order valence-corrected chi connectivity index (χ0v) is 16.0. The topological polar surface area (TPSA) is 84.5 Å². The molecule has 7 heteroatoms. The van der Waals surface area contributed by atoms with Gasteiger partial charge in [-0.15, -0.1) is 0 Å². The van der Waals surface area contributed by atoms with Gasteiger partial charge in [-0.05, 0) is 43.2 Å². The maximum Gasteiger partial charge on any atom is 0.240 e. The van der Waals surface area contributed by atoms with E-state index >= 15 is 0 Å². The summed E-state index contributed by atoms with van der Waals surface area (Å²) >= 11 is 0. The fourth-order valence-electron chi connectivity index (χ4n) is 2.42. The maximum atomic E-state index is 12.4. The molecule has 1 amide bonds. The summed E-state index contributed by atoms with van der Waals surface area (Å²) < 4.78 is 32.6. The number of ether oxygens (including phenoxy) is 1. The van der Waals surface area contributed by atoms with Gasteiger partial charge in [-0.1, -0.05) is 30.3 Å². The van der Waals surface area contributed by atoms with Gasteiger partial charge in [0.25, 0.3) is 0 Å². The van der Waals surface area contributed by atoms with Gasteiger partial charge in [0.1, 0.15) is 0 Å². The number of hydrogen-bond donors (Lipinski definition) is 2. The second-order valence-electron chi connectivity index (χ2n) is 6.28. The highest BCUT2D eigenvalue weighted by atomic mass is 32.2.